The molecule has 0 aliphatic carbocycles. The average Bonchev–Trinajstić information content (AvgIpc) is 2.48. The quantitative estimate of drug-likeness (QED) is 0.618. The molecule has 1 aliphatic heterocycles. The minimum atomic E-state index is -0.288. The second kappa shape index (κ2) is 3.10. The molecule has 14 heavy (non-hydrogen) atoms. The Morgan fingerprint density at radius 2 is 1.86 bits per heavy atom. The lowest BCUT2D eigenvalue weighted by Gasteiger charge is -2.15. The summed E-state index contributed by atoms with van der Waals surface area (Å²) < 4.78 is 0. The highest BCUT2D eigenvalue weighted by atomic mass is 16.2. The summed E-state index contributed by atoms with van der Waals surface area (Å²) in [5.41, 5.74) is 1.49. The topological polar surface area (TPSA) is 37.4 Å². The zero-order chi connectivity index (χ0) is 10.1. The fourth-order valence-electron chi connectivity index (χ4n) is 1.39. The molecule has 0 fully saturated rings. The molecule has 0 atom stereocenters. The fraction of sp³-hybridized carbons (Fsp3) is 0.0909. The van der Waals surface area contributed by atoms with E-state index in [1.54, 1.807) is 18.2 Å². The number of aryl methyl sites for hydroxylation is 1. The van der Waals surface area contributed by atoms with Gasteiger partial charge in [-0.3, -0.25) is 9.59 Å². The first-order valence-corrected chi connectivity index (χ1v) is 4.23. The third kappa shape index (κ3) is 1.23. The van der Waals surface area contributed by atoms with Crippen molar-refractivity contribution in [3.8, 4) is 0 Å². The van der Waals surface area contributed by atoms with E-state index in [2.05, 4.69) is 6.07 Å². The van der Waals surface area contributed by atoms with Crippen LogP contribution in [0.3, 0.4) is 0 Å². The van der Waals surface area contributed by atoms with Gasteiger partial charge in [-0.15, -0.1) is 0 Å². The van der Waals surface area contributed by atoms with E-state index >= 15 is 0 Å². The third-order valence-electron chi connectivity index (χ3n) is 2.09. The average molecular weight is 186 g/mol. The van der Waals surface area contributed by atoms with Crippen molar-refractivity contribution >= 4 is 17.5 Å². The van der Waals surface area contributed by atoms with Crippen LogP contribution in [0.1, 0.15) is 5.56 Å². The Labute approximate surface area is 81.6 Å². The maximum atomic E-state index is 11.3. The molecule has 3 heteroatoms. The van der Waals surface area contributed by atoms with Crippen molar-refractivity contribution in [2.24, 2.45) is 0 Å². The Morgan fingerprint density at radius 1 is 1.21 bits per heavy atom. The molecule has 69 valence electrons. The van der Waals surface area contributed by atoms with Crippen LogP contribution >= 0.6 is 0 Å². The number of hydrogen-bond donors (Lipinski definition) is 0. The summed E-state index contributed by atoms with van der Waals surface area (Å²) in [5.74, 6) is -0.575. The molecule has 1 aromatic carbocycles. The van der Waals surface area contributed by atoms with E-state index in [1.807, 2.05) is 6.92 Å². The Morgan fingerprint density at radius 3 is 2.43 bits per heavy atom. The summed E-state index contributed by atoms with van der Waals surface area (Å²) in [6.07, 6.45) is 2.55. The number of benzene rings is 1. The van der Waals surface area contributed by atoms with Crippen molar-refractivity contribution in [1.29, 1.82) is 0 Å². The number of carbonyl (C=O) groups is 2. The standard InChI is InChI=1S/C11H8NO2/c1-8-4-2-3-5-9(8)12-10(13)6-7-11(12)14/h3-7H,1H3. The van der Waals surface area contributed by atoms with Gasteiger partial charge in [0.2, 0.25) is 0 Å². The van der Waals surface area contributed by atoms with Gasteiger partial charge in [-0.05, 0) is 30.7 Å². The van der Waals surface area contributed by atoms with Crippen molar-refractivity contribution in [3.63, 3.8) is 0 Å². The molecule has 1 heterocycles. The number of rotatable bonds is 1. The fourth-order valence-corrected chi connectivity index (χ4v) is 1.39. The smallest absolute Gasteiger partial charge is 0.258 e. The lowest BCUT2D eigenvalue weighted by atomic mass is 10.2. The van der Waals surface area contributed by atoms with Crippen molar-refractivity contribution in [3.05, 3.63) is 42.0 Å². The van der Waals surface area contributed by atoms with E-state index in [1.165, 1.54) is 12.2 Å². The predicted molar refractivity (Wildman–Crippen MR) is 51.6 cm³/mol. The summed E-state index contributed by atoms with van der Waals surface area (Å²) in [4.78, 5) is 23.8. The third-order valence-corrected chi connectivity index (χ3v) is 2.09. The molecule has 0 unspecified atom stereocenters. The highest BCUT2D eigenvalue weighted by Gasteiger charge is 2.25. The summed E-state index contributed by atoms with van der Waals surface area (Å²) in [7, 11) is 0. The van der Waals surface area contributed by atoms with Crippen LogP contribution in [0.15, 0.2) is 30.4 Å². The van der Waals surface area contributed by atoms with Crippen LogP contribution in [0.25, 0.3) is 0 Å². The normalized spacial score (nSPS) is 15.4. The van der Waals surface area contributed by atoms with Crippen LogP contribution in [0.5, 0.6) is 0 Å². The maximum absolute atomic E-state index is 11.3. The van der Waals surface area contributed by atoms with Gasteiger partial charge in [0.1, 0.15) is 0 Å². The number of nitrogens with zero attached hydrogens (tertiary/aromatic N) is 1. The van der Waals surface area contributed by atoms with E-state index < -0.39 is 0 Å². The zero-order valence-electron chi connectivity index (χ0n) is 7.65. The van der Waals surface area contributed by atoms with Gasteiger partial charge in [0.05, 0.1) is 5.69 Å². The number of carbonyl (C=O) groups excluding carboxylic acids is 2. The van der Waals surface area contributed by atoms with Gasteiger partial charge in [-0.1, -0.05) is 6.07 Å². The lowest BCUT2D eigenvalue weighted by molar-refractivity contribution is -0.119. The first-order chi connectivity index (χ1) is 6.70. The van der Waals surface area contributed by atoms with E-state index in [-0.39, 0.29) is 11.8 Å². The summed E-state index contributed by atoms with van der Waals surface area (Å²) in [6.45, 7) is 1.84. The number of imide groups is 1. The predicted octanol–water partition coefficient (Wildman–Crippen LogP) is 1.22. The lowest BCUT2D eigenvalue weighted by Crippen LogP contribution is -2.30. The molecule has 0 aromatic heterocycles. The van der Waals surface area contributed by atoms with E-state index in [0.717, 1.165) is 10.5 Å². The second-order valence-corrected chi connectivity index (χ2v) is 3.06. The van der Waals surface area contributed by atoms with Crippen LogP contribution in [-0.4, -0.2) is 11.8 Å². The summed E-state index contributed by atoms with van der Waals surface area (Å²) >= 11 is 0. The molecule has 1 radical (unpaired) electrons. The molecule has 3 nitrogen and oxygen atoms in total. The van der Waals surface area contributed by atoms with Gasteiger partial charge in [0, 0.05) is 12.2 Å². The molecule has 2 amide bonds. The minimum absolute atomic E-state index is 0.288. The first-order valence-electron chi connectivity index (χ1n) is 4.23. The minimum Gasteiger partial charge on any atom is -0.269 e. The molecule has 0 spiro atoms. The maximum Gasteiger partial charge on any atom is 0.258 e. The van der Waals surface area contributed by atoms with Crippen LogP contribution < -0.4 is 4.90 Å². The van der Waals surface area contributed by atoms with Gasteiger partial charge in [0.25, 0.3) is 11.8 Å². The molecule has 0 saturated heterocycles. The van der Waals surface area contributed by atoms with Crippen molar-refractivity contribution in [2.45, 2.75) is 6.92 Å². The Hall–Kier alpha value is -1.90. The first kappa shape index (κ1) is 8.69. The van der Waals surface area contributed by atoms with Gasteiger partial charge >= 0.3 is 0 Å². The van der Waals surface area contributed by atoms with E-state index in [4.69, 9.17) is 0 Å². The molecular weight excluding hydrogens is 178 g/mol. The number of hydrogen-bond acceptors (Lipinski definition) is 2. The van der Waals surface area contributed by atoms with Gasteiger partial charge < -0.3 is 0 Å². The molecular formula is C11H8NO2. The molecule has 1 aliphatic rings. The van der Waals surface area contributed by atoms with Gasteiger partial charge in [0.15, 0.2) is 0 Å². The monoisotopic (exact) mass is 186 g/mol. The van der Waals surface area contributed by atoms with E-state index in [9.17, 15) is 9.59 Å². The molecule has 0 N–H and O–H groups in total. The molecule has 0 bridgehead atoms. The Bertz CT molecular complexity index is 417. The summed E-state index contributed by atoms with van der Waals surface area (Å²) in [5, 5.41) is 0. The van der Waals surface area contributed by atoms with Gasteiger partial charge in [-0.2, -0.15) is 0 Å². The molecule has 1 aromatic rings. The van der Waals surface area contributed by atoms with Crippen LogP contribution in [-0.2, 0) is 9.59 Å². The van der Waals surface area contributed by atoms with Gasteiger partial charge in [-0.25, -0.2) is 4.90 Å². The molecule has 0 saturated carbocycles. The Balaban J connectivity index is 2.46. The Kier molecular flexibility index (Phi) is 1.93. The zero-order valence-corrected chi connectivity index (χ0v) is 7.65. The van der Waals surface area contributed by atoms with Crippen molar-refractivity contribution < 1.29 is 9.59 Å². The summed E-state index contributed by atoms with van der Waals surface area (Å²) in [6, 6.07) is 8.02. The van der Waals surface area contributed by atoms with Crippen molar-refractivity contribution in [1.82, 2.24) is 0 Å². The number of amides is 2. The van der Waals surface area contributed by atoms with Crippen LogP contribution in [0, 0.1) is 13.0 Å². The SMILES string of the molecule is Cc1c[c]ccc1N1C(=O)C=CC1=O. The highest BCUT2D eigenvalue weighted by Crippen LogP contribution is 2.22. The van der Waals surface area contributed by atoms with E-state index in [0.29, 0.717) is 5.69 Å². The largest absolute Gasteiger partial charge is 0.269 e. The second-order valence-electron chi connectivity index (χ2n) is 3.06. The highest BCUT2D eigenvalue weighted by molar-refractivity contribution is 6.28. The van der Waals surface area contributed by atoms with Crippen LogP contribution in [0.2, 0.25) is 0 Å². The van der Waals surface area contributed by atoms with Crippen molar-refractivity contribution in [2.75, 3.05) is 4.90 Å². The molecule has 2 rings (SSSR count). The van der Waals surface area contributed by atoms with Crippen LogP contribution in [0.4, 0.5) is 5.69 Å². The number of anilines is 1.